The second kappa shape index (κ2) is 6.06. The number of nitrogens with zero attached hydrogens (tertiary/aromatic N) is 1. The highest BCUT2D eigenvalue weighted by molar-refractivity contribution is 7.89. The minimum absolute atomic E-state index is 0.205. The van der Waals surface area contributed by atoms with E-state index >= 15 is 0 Å². The van der Waals surface area contributed by atoms with Crippen molar-refractivity contribution in [3.8, 4) is 5.75 Å². The third kappa shape index (κ3) is 3.37. The van der Waals surface area contributed by atoms with Crippen molar-refractivity contribution in [3.63, 3.8) is 0 Å². The topological polar surface area (TPSA) is 84.1 Å². The Hall–Kier alpha value is -1.86. The fourth-order valence-corrected chi connectivity index (χ4v) is 2.98. The zero-order valence-corrected chi connectivity index (χ0v) is 12.1. The molecule has 108 valence electrons. The first-order valence-corrected chi connectivity index (χ1v) is 7.75. The number of sulfonamides is 1. The molecule has 1 atom stereocenters. The lowest BCUT2D eigenvalue weighted by Gasteiger charge is -2.13. The summed E-state index contributed by atoms with van der Waals surface area (Å²) in [5.74, 6) is 0.648. The fraction of sp³-hybridized carbons (Fsp3) is 0.308. The van der Waals surface area contributed by atoms with Gasteiger partial charge in [-0.1, -0.05) is 0 Å². The van der Waals surface area contributed by atoms with Gasteiger partial charge in [0.05, 0.1) is 17.7 Å². The molecule has 1 unspecified atom stereocenters. The molecule has 2 N–H and O–H groups in total. The van der Waals surface area contributed by atoms with Crippen LogP contribution in [0.5, 0.6) is 5.75 Å². The van der Waals surface area contributed by atoms with Crippen molar-refractivity contribution in [2.45, 2.75) is 24.8 Å². The molecule has 1 heterocycles. The molecule has 0 amide bonds. The maximum absolute atomic E-state index is 12.2. The van der Waals surface area contributed by atoms with Gasteiger partial charge in [-0.05, 0) is 38.1 Å². The lowest BCUT2D eigenvalue weighted by molar-refractivity contribution is 0.340. The summed E-state index contributed by atoms with van der Waals surface area (Å²) in [4.78, 5) is 0.205. The van der Waals surface area contributed by atoms with Crippen LogP contribution in [0.1, 0.15) is 25.5 Å². The molecule has 0 saturated heterocycles. The first-order valence-electron chi connectivity index (χ1n) is 6.27. The molecule has 0 bridgehead atoms. The van der Waals surface area contributed by atoms with E-state index in [2.05, 4.69) is 14.9 Å². The van der Waals surface area contributed by atoms with Crippen molar-refractivity contribution < 1.29 is 13.2 Å². The van der Waals surface area contributed by atoms with Crippen molar-refractivity contribution in [2.24, 2.45) is 0 Å². The SMILES string of the molecule is CCOc1ccc(S(=O)(=O)NC(C)c2cn[nH]c2)cc1. The largest absolute Gasteiger partial charge is 0.494 e. The molecule has 0 saturated carbocycles. The summed E-state index contributed by atoms with van der Waals surface area (Å²) >= 11 is 0. The van der Waals surface area contributed by atoms with E-state index in [1.807, 2.05) is 6.92 Å². The average molecular weight is 295 g/mol. The second-order valence-electron chi connectivity index (χ2n) is 4.28. The first-order chi connectivity index (χ1) is 9.53. The molecule has 0 radical (unpaired) electrons. The molecule has 0 aliphatic rings. The predicted molar refractivity (Wildman–Crippen MR) is 74.9 cm³/mol. The number of ether oxygens (including phenoxy) is 1. The molecule has 7 heteroatoms. The molecule has 2 aromatic rings. The maximum atomic E-state index is 12.2. The van der Waals surface area contributed by atoms with Crippen LogP contribution in [0.2, 0.25) is 0 Å². The Labute approximate surface area is 118 Å². The van der Waals surface area contributed by atoms with Gasteiger partial charge in [0.2, 0.25) is 10.0 Å². The molecule has 0 spiro atoms. The summed E-state index contributed by atoms with van der Waals surface area (Å²) in [6, 6.07) is 5.97. The first kappa shape index (κ1) is 14.5. The Morgan fingerprint density at radius 3 is 2.60 bits per heavy atom. The lowest BCUT2D eigenvalue weighted by atomic mass is 10.2. The predicted octanol–water partition coefficient (Wildman–Crippen LogP) is 1.85. The molecule has 20 heavy (non-hydrogen) atoms. The third-order valence-corrected chi connectivity index (χ3v) is 4.35. The van der Waals surface area contributed by atoms with Crippen LogP contribution in [0.15, 0.2) is 41.6 Å². The van der Waals surface area contributed by atoms with Crippen LogP contribution in [0.4, 0.5) is 0 Å². The number of rotatable bonds is 6. The smallest absolute Gasteiger partial charge is 0.241 e. The summed E-state index contributed by atoms with van der Waals surface area (Å²) < 4.78 is 32.3. The summed E-state index contributed by atoms with van der Waals surface area (Å²) in [6.07, 6.45) is 3.25. The van der Waals surface area contributed by atoms with Crippen molar-refractivity contribution in [3.05, 3.63) is 42.2 Å². The normalized spacial score (nSPS) is 13.1. The number of hydrogen-bond acceptors (Lipinski definition) is 4. The second-order valence-corrected chi connectivity index (χ2v) is 5.99. The Kier molecular flexibility index (Phi) is 4.41. The van der Waals surface area contributed by atoms with Crippen LogP contribution >= 0.6 is 0 Å². The molecule has 1 aromatic carbocycles. The molecule has 0 aliphatic heterocycles. The molecule has 6 nitrogen and oxygen atoms in total. The van der Waals surface area contributed by atoms with Gasteiger partial charge < -0.3 is 4.74 Å². The number of H-pyrrole nitrogens is 1. The molecule has 2 rings (SSSR count). The van der Waals surface area contributed by atoms with Gasteiger partial charge in [-0.25, -0.2) is 13.1 Å². The summed E-state index contributed by atoms with van der Waals surface area (Å²) in [5.41, 5.74) is 0.777. The minimum atomic E-state index is -3.56. The van der Waals surface area contributed by atoms with Gasteiger partial charge >= 0.3 is 0 Å². The van der Waals surface area contributed by atoms with Crippen LogP contribution in [0.25, 0.3) is 0 Å². The number of nitrogens with one attached hydrogen (secondary N) is 2. The summed E-state index contributed by atoms with van der Waals surface area (Å²) in [6.45, 7) is 4.18. The van der Waals surface area contributed by atoms with Crippen LogP contribution in [0, 0.1) is 0 Å². The number of hydrogen-bond donors (Lipinski definition) is 2. The Balaban J connectivity index is 2.13. The van der Waals surface area contributed by atoms with Gasteiger partial charge in [-0.15, -0.1) is 0 Å². The van der Waals surface area contributed by atoms with Gasteiger partial charge in [0.15, 0.2) is 0 Å². The van der Waals surface area contributed by atoms with Crippen molar-refractivity contribution in [1.82, 2.24) is 14.9 Å². The van der Waals surface area contributed by atoms with Crippen LogP contribution in [-0.4, -0.2) is 25.2 Å². The molecular formula is C13H17N3O3S. The number of aromatic nitrogens is 2. The highest BCUT2D eigenvalue weighted by Gasteiger charge is 2.18. The third-order valence-electron chi connectivity index (χ3n) is 2.80. The monoisotopic (exact) mass is 295 g/mol. The maximum Gasteiger partial charge on any atom is 0.241 e. The molecule has 1 aromatic heterocycles. The van der Waals surface area contributed by atoms with Gasteiger partial charge in [0, 0.05) is 17.8 Å². The number of benzene rings is 1. The van der Waals surface area contributed by atoms with Crippen LogP contribution in [-0.2, 0) is 10.0 Å². The van der Waals surface area contributed by atoms with E-state index in [0.29, 0.717) is 12.4 Å². The van der Waals surface area contributed by atoms with Gasteiger partial charge in [-0.2, -0.15) is 5.10 Å². The van der Waals surface area contributed by atoms with E-state index < -0.39 is 10.0 Å². The van der Waals surface area contributed by atoms with E-state index in [1.54, 1.807) is 31.5 Å². The van der Waals surface area contributed by atoms with Crippen molar-refractivity contribution >= 4 is 10.0 Å². The Bertz CT molecular complexity index is 636. The Morgan fingerprint density at radius 2 is 2.05 bits per heavy atom. The standard InChI is InChI=1S/C13H17N3O3S/c1-3-19-12-4-6-13(7-5-12)20(17,18)16-10(2)11-8-14-15-9-11/h4-10,16H,3H2,1-2H3,(H,14,15). The lowest BCUT2D eigenvalue weighted by Crippen LogP contribution is -2.26. The minimum Gasteiger partial charge on any atom is -0.494 e. The van der Waals surface area contributed by atoms with E-state index in [-0.39, 0.29) is 10.9 Å². The van der Waals surface area contributed by atoms with Gasteiger partial charge in [0.25, 0.3) is 0 Å². The van der Waals surface area contributed by atoms with E-state index in [0.717, 1.165) is 5.56 Å². The summed E-state index contributed by atoms with van der Waals surface area (Å²) in [5, 5.41) is 6.46. The fourth-order valence-electron chi connectivity index (χ4n) is 1.75. The zero-order valence-electron chi connectivity index (χ0n) is 11.3. The summed E-state index contributed by atoms with van der Waals surface area (Å²) in [7, 11) is -3.56. The van der Waals surface area contributed by atoms with E-state index in [1.165, 1.54) is 12.1 Å². The van der Waals surface area contributed by atoms with Crippen LogP contribution in [0.3, 0.4) is 0 Å². The van der Waals surface area contributed by atoms with E-state index in [9.17, 15) is 8.42 Å². The molecule has 0 fully saturated rings. The molecule has 0 aliphatic carbocycles. The van der Waals surface area contributed by atoms with Gasteiger partial charge in [-0.3, -0.25) is 5.10 Å². The van der Waals surface area contributed by atoms with Crippen molar-refractivity contribution in [2.75, 3.05) is 6.61 Å². The Morgan fingerprint density at radius 1 is 1.35 bits per heavy atom. The van der Waals surface area contributed by atoms with Gasteiger partial charge in [0.1, 0.15) is 5.75 Å². The zero-order chi connectivity index (χ0) is 14.6. The average Bonchev–Trinajstić information content (AvgIpc) is 2.93. The molecular weight excluding hydrogens is 278 g/mol. The quantitative estimate of drug-likeness (QED) is 0.851. The van der Waals surface area contributed by atoms with E-state index in [4.69, 9.17) is 4.74 Å². The highest BCUT2D eigenvalue weighted by atomic mass is 32.2. The highest BCUT2D eigenvalue weighted by Crippen LogP contribution is 2.18. The van der Waals surface area contributed by atoms with Crippen LogP contribution < -0.4 is 9.46 Å². The van der Waals surface area contributed by atoms with Crippen molar-refractivity contribution in [1.29, 1.82) is 0 Å². The number of aromatic amines is 1.